The van der Waals surface area contributed by atoms with Gasteiger partial charge in [0.15, 0.2) is 0 Å². The molecule has 1 aliphatic heterocycles. The molecular formula is C8H9NO2S. The maximum absolute atomic E-state index is 8.47. The van der Waals surface area contributed by atoms with Crippen LogP contribution in [0.25, 0.3) is 0 Å². The van der Waals surface area contributed by atoms with Crippen molar-refractivity contribution in [3.8, 4) is 5.75 Å². The van der Waals surface area contributed by atoms with Crippen LogP contribution in [-0.4, -0.2) is 11.1 Å². The summed E-state index contributed by atoms with van der Waals surface area (Å²) < 4.78 is 5.34. The number of fused-ring (bicyclic) bond motifs is 1. The zero-order valence-electron chi connectivity index (χ0n) is 6.41. The Morgan fingerprint density at radius 3 is 3.33 bits per heavy atom. The summed E-state index contributed by atoms with van der Waals surface area (Å²) in [4.78, 5) is 1.18. The highest BCUT2D eigenvalue weighted by Crippen LogP contribution is 2.36. The third-order valence-corrected chi connectivity index (χ3v) is 2.60. The number of ether oxygens (including phenoxy) is 1. The highest BCUT2D eigenvalue weighted by molar-refractivity contribution is 7.99. The molecule has 0 spiro atoms. The van der Waals surface area contributed by atoms with Crippen molar-refractivity contribution >= 4 is 11.8 Å². The molecule has 0 fully saturated rings. The largest absolute Gasteiger partial charge is 0.481 e. The Balaban J connectivity index is 2.26. The first-order valence-electron chi connectivity index (χ1n) is 3.65. The third kappa shape index (κ3) is 1.41. The second-order valence-electron chi connectivity index (χ2n) is 2.52. The second-order valence-corrected chi connectivity index (χ2v) is 3.49. The highest BCUT2D eigenvalue weighted by Gasteiger charge is 2.12. The Morgan fingerprint density at radius 2 is 2.50 bits per heavy atom. The molecule has 0 aromatic heterocycles. The van der Waals surface area contributed by atoms with Gasteiger partial charge in [-0.05, 0) is 17.7 Å². The van der Waals surface area contributed by atoms with E-state index in [0.29, 0.717) is 12.5 Å². The minimum Gasteiger partial charge on any atom is -0.481 e. The van der Waals surface area contributed by atoms with Crippen LogP contribution in [0.5, 0.6) is 5.75 Å². The monoisotopic (exact) mass is 183 g/mol. The summed E-state index contributed by atoms with van der Waals surface area (Å²) in [5, 5.41) is 8.47. The summed E-state index contributed by atoms with van der Waals surface area (Å²) in [5.74, 6) is 1.62. The number of hydroxylamine groups is 1. The van der Waals surface area contributed by atoms with E-state index in [-0.39, 0.29) is 0 Å². The Kier molecular flexibility index (Phi) is 2.21. The minimum atomic E-state index is 0.460. The molecule has 0 unspecified atom stereocenters. The van der Waals surface area contributed by atoms with E-state index in [0.717, 1.165) is 11.3 Å². The molecule has 64 valence electrons. The van der Waals surface area contributed by atoms with Crippen molar-refractivity contribution in [2.45, 2.75) is 11.4 Å². The summed E-state index contributed by atoms with van der Waals surface area (Å²) >= 11 is 1.69. The van der Waals surface area contributed by atoms with E-state index in [1.807, 2.05) is 18.2 Å². The van der Waals surface area contributed by atoms with Crippen LogP contribution in [0, 0.1) is 0 Å². The van der Waals surface area contributed by atoms with Crippen LogP contribution in [0.1, 0.15) is 5.56 Å². The van der Waals surface area contributed by atoms with Gasteiger partial charge in [-0.25, -0.2) is 5.48 Å². The van der Waals surface area contributed by atoms with Gasteiger partial charge in [0, 0.05) is 6.54 Å². The van der Waals surface area contributed by atoms with Crippen LogP contribution in [0.2, 0.25) is 0 Å². The molecule has 1 aromatic carbocycles. The van der Waals surface area contributed by atoms with Gasteiger partial charge >= 0.3 is 0 Å². The molecule has 0 radical (unpaired) electrons. The fraction of sp³-hybridized carbons (Fsp3) is 0.250. The first-order chi connectivity index (χ1) is 5.90. The minimum absolute atomic E-state index is 0.460. The molecule has 0 saturated carbocycles. The Hall–Kier alpha value is -0.710. The third-order valence-electron chi connectivity index (χ3n) is 1.72. The molecule has 1 heterocycles. The van der Waals surface area contributed by atoms with Crippen LogP contribution in [0.15, 0.2) is 23.1 Å². The lowest BCUT2D eigenvalue weighted by molar-refractivity contribution is 0.161. The molecule has 0 aliphatic carbocycles. The van der Waals surface area contributed by atoms with Gasteiger partial charge < -0.3 is 9.94 Å². The van der Waals surface area contributed by atoms with Crippen molar-refractivity contribution in [1.82, 2.24) is 5.48 Å². The normalized spacial score (nSPS) is 14.1. The predicted octanol–water partition coefficient (Wildman–Crippen LogP) is 1.61. The lowest BCUT2D eigenvalue weighted by Crippen LogP contribution is -2.05. The molecule has 3 nitrogen and oxygen atoms in total. The number of benzene rings is 1. The Bertz CT molecular complexity index is 290. The summed E-state index contributed by atoms with van der Waals surface area (Å²) in [6.45, 7) is 0.460. The van der Waals surface area contributed by atoms with Gasteiger partial charge in [-0.2, -0.15) is 0 Å². The van der Waals surface area contributed by atoms with Crippen molar-refractivity contribution in [2.75, 3.05) is 5.94 Å². The molecule has 2 N–H and O–H groups in total. The average Bonchev–Trinajstić information content (AvgIpc) is 2.51. The average molecular weight is 183 g/mol. The van der Waals surface area contributed by atoms with Gasteiger partial charge in [0.2, 0.25) is 0 Å². The highest BCUT2D eigenvalue weighted by atomic mass is 32.2. The van der Waals surface area contributed by atoms with Crippen molar-refractivity contribution in [2.24, 2.45) is 0 Å². The molecule has 0 saturated heterocycles. The van der Waals surface area contributed by atoms with Gasteiger partial charge in [0.1, 0.15) is 11.7 Å². The molecular weight excluding hydrogens is 174 g/mol. The molecule has 0 atom stereocenters. The number of hydrogen-bond acceptors (Lipinski definition) is 4. The molecule has 12 heavy (non-hydrogen) atoms. The van der Waals surface area contributed by atoms with E-state index in [2.05, 4.69) is 5.48 Å². The van der Waals surface area contributed by atoms with Gasteiger partial charge in [-0.1, -0.05) is 17.8 Å². The van der Waals surface area contributed by atoms with Gasteiger partial charge in [0.25, 0.3) is 0 Å². The summed E-state index contributed by atoms with van der Waals surface area (Å²) in [7, 11) is 0. The number of nitrogens with one attached hydrogen (secondary N) is 1. The van der Waals surface area contributed by atoms with Crippen molar-refractivity contribution in [3.63, 3.8) is 0 Å². The first kappa shape index (κ1) is 7.91. The predicted molar refractivity (Wildman–Crippen MR) is 46.4 cm³/mol. The van der Waals surface area contributed by atoms with Crippen LogP contribution in [0.4, 0.5) is 0 Å². The molecule has 2 rings (SSSR count). The second kappa shape index (κ2) is 3.35. The van der Waals surface area contributed by atoms with Crippen molar-refractivity contribution < 1.29 is 9.94 Å². The number of rotatable bonds is 2. The maximum atomic E-state index is 8.47. The van der Waals surface area contributed by atoms with Gasteiger partial charge in [-0.3, -0.25) is 0 Å². The van der Waals surface area contributed by atoms with E-state index in [1.165, 1.54) is 4.90 Å². The smallest absolute Gasteiger partial charge is 0.138 e. The number of hydrogen-bond donors (Lipinski definition) is 2. The number of thioether (sulfide) groups is 1. The molecule has 1 aliphatic rings. The van der Waals surface area contributed by atoms with Gasteiger partial charge in [-0.15, -0.1) is 0 Å². The van der Waals surface area contributed by atoms with Crippen LogP contribution in [-0.2, 0) is 6.54 Å². The standard InChI is InChI=1S/C8H9NO2S/c10-9-4-6-1-2-8-7(3-6)11-5-12-8/h1-3,9-10H,4-5H2. The fourth-order valence-corrected chi connectivity index (χ4v) is 1.88. The van der Waals surface area contributed by atoms with E-state index in [4.69, 9.17) is 9.94 Å². The Labute approximate surface area is 74.7 Å². The van der Waals surface area contributed by atoms with E-state index < -0.39 is 0 Å². The van der Waals surface area contributed by atoms with Gasteiger partial charge in [0.05, 0.1) is 4.90 Å². The van der Waals surface area contributed by atoms with Crippen LogP contribution >= 0.6 is 11.8 Å². The summed E-state index contributed by atoms with van der Waals surface area (Å²) in [6.07, 6.45) is 0. The quantitative estimate of drug-likeness (QED) is 0.683. The first-order valence-corrected chi connectivity index (χ1v) is 4.64. The molecule has 4 heteroatoms. The summed E-state index contributed by atoms with van der Waals surface area (Å²) in [6, 6.07) is 5.93. The SMILES string of the molecule is ONCc1ccc2c(c1)OCS2. The van der Waals surface area contributed by atoms with Crippen LogP contribution in [0.3, 0.4) is 0 Å². The molecule has 0 amide bonds. The van der Waals surface area contributed by atoms with E-state index in [9.17, 15) is 0 Å². The zero-order valence-corrected chi connectivity index (χ0v) is 7.23. The fourth-order valence-electron chi connectivity index (χ4n) is 1.14. The molecule has 1 aromatic rings. The topological polar surface area (TPSA) is 41.5 Å². The Morgan fingerprint density at radius 1 is 1.58 bits per heavy atom. The van der Waals surface area contributed by atoms with Crippen molar-refractivity contribution in [1.29, 1.82) is 0 Å². The molecule has 0 bridgehead atoms. The lowest BCUT2D eigenvalue weighted by Gasteiger charge is -2.01. The van der Waals surface area contributed by atoms with Crippen molar-refractivity contribution in [3.05, 3.63) is 23.8 Å². The zero-order chi connectivity index (χ0) is 8.39. The summed E-state index contributed by atoms with van der Waals surface area (Å²) in [5.41, 5.74) is 3.14. The maximum Gasteiger partial charge on any atom is 0.138 e. The van der Waals surface area contributed by atoms with E-state index in [1.54, 1.807) is 11.8 Å². The van der Waals surface area contributed by atoms with Crippen LogP contribution < -0.4 is 10.2 Å². The van der Waals surface area contributed by atoms with E-state index >= 15 is 0 Å². The lowest BCUT2D eigenvalue weighted by atomic mass is 10.2.